The summed E-state index contributed by atoms with van der Waals surface area (Å²) in [6.45, 7) is 2.28. The van der Waals surface area contributed by atoms with Gasteiger partial charge < -0.3 is 15.1 Å². The van der Waals surface area contributed by atoms with E-state index in [1.165, 1.54) is 18.2 Å². The molecule has 3 aromatic rings. The van der Waals surface area contributed by atoms with Gasteiger partial charge in [-0.25, -0.2) is 4.39 Å². The Bertz CT molecular complexity index is 1090. The van der Waals surface area contributed by atoms with Crippen LogP contribution in [0.1, 0.15) is 54.6 Å². The fourth-order valence-electron chi connectivity index (χ4n) is 4.86. The predicted octanol–water partition coefficient (Wildman–Crippen LogP) is 6.26. The van der Waals surface area contributed by atoms with Crippen molar-refractivity contribution in [3.8, 4) is 0 Å². The summed E-state index contributed by atoms with van der Waals surface area (Å²) in [5.74, 6) is -0.442. The monoisotopic (exact) mass is 475 g/mol. The Hall–Kier alpha value is -2.48. The molecule has 34 heavy (non-hydrogen) atoms. The Morgan fingerprint density at radius 3 is 2.26 bits per heavy atom. The zero-order valence-corrected chi connectivity index (χ0v) is 18.8. The van der Waals surface area contributed by atoms with Crippen LogP contribution in [0.4, 0.5) is 17.6 Å². The van der Waals surface area contributed by atoms with Crippen LogP contribution in [0.5, 0.6) is 0 Å². The van der Waals surface area contributed by atoms with Gasteiger partial charge in [0.15, 0.2) is 0 Å². The number of halogens is 4. The van der Waals surface area contributed by atoms with Crippen LogP contribution in [0.2, 0.25) is 0 Å². The van der Waals surface area contributed by atoms with E-state index in [2.05, 4.69) is 4.90 Å². The van der Waals surface area contributed by atoms with E-state index in [0.717, 1.165) is 32.1 Å². The number of nitrogens with zero attached hydrogens (tertiary/aromatic N) is 1. The Labute approximate surface area is 196 Å². The van der Waals surface area contributed by atoms with Crippen LogP contribution in [0.25, 0.3) is 10.8 Å². The molecule has 0 saturated carbocycles. The third-order valence-corrected chi connectivity index (χ3v) is 6.82. The smallest absolute Gasteiger partial charge is 0.388 e. The third kappa shape index (κ3) is 5.77. The average molecular weight is 476 g/mol. The first-order valence-electron chi connectivity index (χ1n) is 11.7. The van der Waals surface area contributed by atoms with Crippen LogP contribution < -0.4 is 0 Å². The van der Waals surface area contributed by atoms with Gasteiger partial charge in [0.25, 0.3) is 0 Å². The van der Waals surface area contributed by atoms with Crippen molar-refractivity contribution in [2.24, 2.45) is 5.92 Å². The molecule has 4 rings (SSSR count). The highest BCUT2D eigenvalue weighted by atomic mass is 19.4. The van der Waals surface area contributed by atoms with Gasteiger partial charge in [-0.3, -0.25) is 0 Å². The van der Waals surface area contributed by atoms with E-state index >= 15 is 0 Å². The lowest BCUT2D eigenvalue weighted by molar-refractivity contribution is -0.136. The second-order valence-corrected chi connectivity index (χ2v) is 9.12. The Morgan fingerprint density at radius 1 is 0.912 bits per heavy atom. The number of aliphatic hydroxyl groups is 2. The highest BCUT2D eigenvalue weighted by Gasteiger charge is 2.34. The van der Waals surface area contributed by atoms with Crippen molar-refractivity contribution in [2.75, 3.05) is 19.6 Å². The van der Waals surface area contributed by atoms with Crippen molar-refractivity contribution in [3.05, 3.63) is 83.2 Å². The number of hydrogen-bond acceptors (Lipinski definition) is 3. The summed E-state index contributed by atoms with van der Waals surface area (Å²) in [5, 5.41) is 21.8. The van der Waals surface area contributed by atoms with Crippen LogP contribution in [0.15, 0.2) is 60.7 Å². The van der Waals surface area contributed by atoms with Gasteiger partial charge in [-0.05, 0) is 97.4 Å². The third-order valence-electron chi connectivity index (χ3n) is 6.82. The predicted molar refractivity (Wildman–Crippen MR) is 124 cm³/mol. The van der Waals surface area contributed by atoms with E-state index in [1.807, 2.05) is 0 Å². The van der Waals surface area contributed by atoms with Crippen molar-refractivity contribution in [3.63, 3.8) is 0 Å². The van der Waals surface area contributed by atoms with Crippen LogP contribution >= 0.6 is 0 Å². The number of likely N-dealkylation sites (tertiary alicyclic amines) is 1. The van der Waals surface area contributed by atoms with Crippen molar-refractivity contribution >= 4 is 10.8 Å². The number of hydrogen-bond donors (Lipinski definition) is 2. The maximum Gasteiger partial charge on any atom is 0.417 e. The minimum absolute atomic E-state index is 0.108. The Kier molecular flexibility index (Phi) is 7.55. The molecule has 7 heteroatoms. The SMILES string of the molecule is OC(CCCN1CCC(C(O)c2cc(C(F)(F)F)c3ccccc3c2)CC1)c1ccc(F)cc1. The first kappa shape index (κ1) is 24.6. The lowest BCUT2D eigenvalue weighted by Gasteiger charge is -2.34. The number of fused-ring (bicyclic) bond motifs is 1. The summed E-state index contributed by atoms with van der Waals surface area (Å²) in [7, 11) is 0. The number of rotatable bonds is 7. The molecule has 1 saturated heterocycles. The van der Waals surface area contributed by atoms with Crippen LogP contribution in [0, 0.1) is 11.7 Å². The van der Waals surface area contributed by atoms with Crippen LogP contribution in [-0.4, -0.2) is 34.7 Å². The van der Waals surface area contributed by atoms with Crippen molar-refractivity contribution in [1.29, 1.82) is 0 Å². The van der Waals surface area contributed by atoms with Crippen LogP contribution in [-0.2, 0) is 6.18 Å². The molecule has 182 valence electrons. The van der Waals surface area contributed by atoms with Crippen molar-refractivity contribution in [1.82, 2.24) is 4.90 Å². The minimum Gasteiger partial charge on any atom is -0.388 e. The minimum atomic E-state index is -4.49. The molecular formula is C27H29F4NO2. The fourth-order valence-corrected chi connectivity index (χ4v) is 4.86. The normalized spacial score (nSPS) is 17.7. The van der Waals surface area contributed by atoms with E-state index < -0.39 is 23.9 Å². The summed E-state index contributed by atoms with van der Waals surface area (Å²) < 4.78 is 53.9. The summed E-state index contributed by atoms with van der Waals surface area (Å²) in [4.78, 5) is 2.25. The maximum absolute atomic E-state index is 13.6. The van der Waals surface area contributed by atoms with Gasteiger partial charge in [-0.15, -0.1) is 0 Å². The summed E-state index contributed by atoms with van der Waals surface area (Å²) in [6.07, 6.45) is -3.37. The molecule has 3 nitrogen and oxygen atoms in total. The molecule has 1 fully saturated rings. The average Bonchev–Trinajstić information content (AvgIpc) is 2.83. The standard InChI is InChI=1S/C27H29F4NO2/c28-22-9-7-18(8-10-22)25(33)6-3-13-32-14-11-19(12-15-32)26(34)21-16-20-4-1-2-5-23(20)24(17-21)27(29,30)31/h1-2,4-5,7-10,16-17,19,25-26,33-34H,3,6,11-15H2. The topological polar surface area (TPSA) is 43.7 Å². The summed E-state index contributed by atoms with van der Waals surface area (Å²) in [6, 6.07) is 15.0. The molecule has 0 aliphatic carbocycles. The fraction of sp³-hybridized carbons (Fsp3) is 0.407. The van der Waals surface area contributed by atoms with Crippen LogP contribution in [0.3, 0.4) is 0 Å². The second-order valence-electron chi connectivity index (χ2n) is 9.12. The van der Waals surface area contributed by atoms with Gasteiger partial charge in [0.1, 0.15) is 5.82 Å². The van der Waals surface area contributed by atoms with Gasteiger partial charge >= 0.3 is 6.18 Å². The lowest BCUT2D eigenvalue weighted by atomic mass is 9.85. The zero-order chi connectivity index (χ0) is 24.3. The molecule has 2 N–H and O–H groups in total. The van der Waals surface area contributed by atoms with Gasteiger partial charge in [0, 0.05) is 0 Å². The quantitative estimate of drug-likeness (QED) is 0.397. The summed E-state index contributed by atoms with van der Waals surface area (Å²) >= 11 is 0. The Balaban J connectivity index is 1.32. The van der Waals surface area contributed by atoms with Gasteiger partial charge in [0.2, 0.25) is 0 Å². The lowest BCUT2D eigenvalue weighted by Crippen LogP contribution is -2.36. The maximum atomic E-state index is 13.6. The zero-order valence-electron chi connectivity index (χ0n) is 18.8. The molecule has 1 aliphatic rings. The highest BCUT2D eigenvalue weighted by Crippen LogP contribution is 2.39. The molecule has 3 aromatic carbocycles. The van der Waals surface area contributed by atoms with Gasteiger partial charge in [-0.2, -0.15) is 13.2 Å². The number of piperidine rings is 1. The largest absolute Gasteiger partial charge is 0.417 e. The van der Waals surface area contributed by atoms with Crippen molar-refractivity contribution in [2.45, 2.75) is 44.1 Å². The van der Waals surface area contributed by atoms with E-state index in [0.29, 0.717) is 35.8 Å². The van der Waals surface area contributed by atoms with E-state index in [1.54, 1.807) is 36.4 Å². The number of alkyl halides is 3. The molecule has 0 spiro atoms. The molecule has 1 heterocycles. The molecule has 2 unspecified atom stereocenters. The molecule has 1 aliphatic heterocycles. The van der Waals surface area contributed by atoms with E-state index in [4.69, 9.17) is 0 Å². The first-order chi connectivity index (χ1) is 16.2. The number of aliphatic hydroxyl groups excluding tert-OH is 2. The molecule has 0 amide bonds. The molecule has 0 aromatic heterocycles. The molecule has 2 atom stereocenters. The highest BCUT2D eigenvalue weighted by molar-refractivity contribution is 5.87. The molecular weight excluding hydrogens is 446 g/mol. The first-order valence-corrected chi connectivity index (χ1v) is 11.7. The van der Waals surface area contributed by atoms with Crippen molar-refractivity contribution < 1.29 is 27.8 Å². The molecule has 0 radical (unpaired) electrons. The molecule has 0 bridgehead atoms. The van der Waals surface area contributed by atoms with E-state index in [-0.39, 0.29) is 17.1 Å². The van der Waals surface area contributed by atoms with Gasteiger partial charge in [-0.1, -0.05) is 36.4 Å². The van der Waals surface area contributed by atoms with E-state index in [9.17, 15) is 27.8 Å². The second kappa shape index (κ2) is 10.4. The van der Waals surface area contributed by atoms with Gasteiger partial charge in [0.05, 0.1) is 17.8 Å². The number of benzene rings is 3. The summed E-state index contributed by atoms with van der Waals surface area (Å²) in [5.41, 5.74) is 0.292. The Morgan fingerprint density at radius 2 is 1.59 bits per heavy atom.